The summed E-state index contributed by atoms with van der Waals surface area (Å²) >= 11 is 0. The number of carboxylic acid groups (broad SMARTS) is 1. The number of aliphatic carboxylic acids is 1. The van der Waals surface area contributed by atoms with E-state index in [-0.39, 0.29) is 19.1 Å². The number of carbonyl (C=O) groups is 3. The SMILES string of the molecule is CN(CCC(=O)NC(N)=O)C1COCC1C(=O)O. The van der Waals surface area contributed by atoms with Gasteiger partial charge in [0, 0.05) is 19.0 Å². The minimum atomic E-state index is -0.911. The van der Waals surface area contributed by atoms with Gasteiger partial charge in [0.25, 0.3) is 0 Å². The van der Waals surface area contributed by atoms with Gasteiger partial charge in [-0.25, -0.2) is 4.79 Å². The van der Waals surface area contributed by atoms with Gasteiger partial charge < -0.3 is 15.6 Å². The molecular formula is C10H17N3O5. The predicted octanol–water partition coefficient (Wildman–Crippen LogP) is -1.40. The number of ether oxygens (including phenoxy) is 1. The summed E-state index contributed by atoms with van der Waals surface area (Å²) in [5, 5.41) is 10.9. The van der Waals surface area contributed by atoms with Crippen molar-refractivity contribution in [2.45, 2.75) is 12.5 Å². The number of nitrogens with one attached hydrogen (secondary N) is 1. The number of nitrogens with two attached hydrogens (primary N) is 1. The van der Waals surface area contributed by atoms with Crippen molar-refractivity contribution in [3.05, 3.63) is 0 Å². The van der Waals surface area contributed by atoms with Crippen LogP contribution in [-0.4, -0.2) is 60.8 Å². The summed E-state index contributed by atoms with van der Waals surface area (Å²) in [5.41, 5.74) is 4.80. The molecule has 1 aliphatic heterocycles. The normalized spacial score (nSPS) is 23.0. The third-order valence-corrected chi connectivity index (χ3v) is 2.89. The summed E-state index contributed by atoms with van der Waals surface area (Å²) in [6.45, 7) is 0.833. The zero-order chi connectivity index (χ0) is 13.7. The van der Waals surface area contributed by atoms with Crippen LogP contribution in [-0.2, 0) is 14.3 Å². The Bertz CT molecular complexity index is 346. The van der Waals surface area contributed by atoms with Gasteiger partial charge in [-0.3, -0.25) is 19.8 Å². The number of imide groups is 1. The first-order chi connectivity index (χ1) is 8.41. The van der Waals surface area contributed by atoms with Crippen molar-refractivity contribution in [1.82, 2.24) is 10.2 Å². The number of urea groups is 1. The maximum absolute atomic E-state index is 11.2. The molecule has 2 atom stereocenters. The highest BCUT2D eigenvalue weighted by Gasteiger charge is 2.36. The number of rotatable bonds is 5. The smallest absolute Gasteiger partial charge is 0.318 e. The first-order valence-corrected chi connectivity index (χ1v) is 5.52. The fraction of sp³-hybridized carbons (Fsp3) is 0.700. The van der Waals surface area contributed by atoms with Crippen molar-refractivity contribution in [3.63, 3.8) is 0 Å². The lowest BCUT2D eigenvalue weighted by Gasteiger charge is -2.25. The van der Waals surface area contributed by atoms with Crippen LogP contribution in [0.1, 0.15) is 6.42 Å². The molecule has 8 heteroatoms. The molecule has 0 spiro atoms. The molecule has 0 saturated carbocycles. The van der Waals surface area contributed by atoms with E-state index in [2.05, 4.69) is 0 Å². The van der Waals surface area contributed by atoms with Gasteiger partial charge in [-0.05, 0) is 7.05 Å². The van der Waals surface area contributed by atoms with E-state index < -0.39 is 23.8 Å². The van der Waals surface area contributed by atoms with Gasteiger partial charge in [0.15, 0.2) is 0 Å². The largest absolute Gasteiger partial charge is 0.481 e. The number of carbonyl (C=O) groups excluding carboxylic acids is 2. The van der Waals surface area contributed by atoms with Crippen LogP contribution in [0.2, 0.25) is 0 Å². The molecule has 2 unspecified atom stereocenters. The first kappa shape index (κ1) is 14.4. The summed E-state index contributed by atoms with van der Waals surface area (Å²) < 4.78 is 5.13. The molecule has 0 aliphatic carbocycles. The monoisotopic (exact) mass is 259 g/mol. The van der Waals surface area contributed by atoms with Gasteiger partial charge in [0.1, 0.15) is 0 Å². The molecule has 1 fully saturated rings. The van der Waals surface area contributed by atoms with Crippen LogP contribution >= 0.6 is 0 Å². The number of hydrogen-bond acceptors (Lipinski definition) is 5. The molecule has 8 nitrogen and oxygen atoms in total. The highest BCUT2D eigenvalue weighted by atomic mass is 16.5. The maximum atomic E-state index is 11.2. The molecule has 1 rings (SSSR count). The van der Waals surface area contributed by atoms with Crippen LogP contribution in [0.4, 0.5) is 4.79 Å². The average Bonchev–Trinajstić information content (AvgIpc) is 2.73. The number of hydrogen-bond donors (Lipinski definition) is 3. The van der Waals surface area contributed by atoms with Crippen LogP contribution in [0.25, 0.3) is 0 Å². The van der Waals surface area contributed by atoms with Gasteiger partial charge in [0.2, 0.25) is 5.91 Å². The summed E-state index contributed by atoms with van der Waals surface area (Å²) in [4.78, 5) is 34.3. The molecule has 1 saturated heterocycles. The molecule has 0 aromatic carbocycles. The van der Waals surface area contributed by atoms with Gasteiger partial charge in [-0.1, -0.05) is 0 Å². The second-order valence-electron chi connectivity index (χ2n) is 4.19. The van der Waals surface area contributed by atoms with Crippen LogP contribution < -0.4 is 11.1 Å². The molecule has 102 valence electrons. The highest BCUT2D eigenvalue weighted by Crippen LogP contribution is 2.18. The molecule has 3 amide bonds. The first-order valence-electron chi connectivity index (χ1n) is 5.52. The molecular weight excluding hydrogens is 242 g/mol. The van der Waals surface area contributed by atoms with Gasteiger partial charge in [0.05, 0.1) is 19.1 Å². The van der Waals surface area contributed by atoms with Crippen molar-refractivity contribution in [2.24, 2.45) is 11.7 Å². The summed E-state index contributed by atoms with van der Waals surface area (Å²) in [6.07, 6.45) is 0.0717. The van der Waals surface area contributed by atoms with E-state index in [0.29, 0.717) is 13.2 Å². The van der Waals surface area contributed by atoms with Crippen LogP contribution in [0, 0.1) is 5.92 Å². The molecule has 18 heavy (non-hydrogen) atoms. The van der Waals surface area contributed by atoms with Gasteiger partial charge in [-0.15, -0.1) is 0 Å². The minimum absolute atomic E-state index is 0.0717. The Balaban J connectivity index is 2.40. The molecule has 4 N–H and O–H groups in total. The average molecular weight is 259 g/mol. The number of amides is 3. The quantitative estimate of drug-likeness (QED) is 0.558. The summed E-state index contributed by atoms with van der Waals surface area (Å²) in [5.74, 6) is -1.99. The number of nitrogens with zero attached hydrogens (tertiary/aromatic N) is 1. The Morgan fingerprint density at radius 2 is 2.11 bits per heavy atom. The molecule has 0 radical (unpaired) electrons. The molecule has 0 bridgehead atoms. The lowest BCUT2D eigenvalue weighted by Crippen LogP contribution is -2.43. The van der Waals surface area contributed by atoms with Crippen LogP contribution in [0.15, 0.2) is 0 Å². The van der Waals surface area contributed by atoms with E-state index in [1.807, 2.05) is 5.32 Å². The van der Waals surface area contributed by atoms with Gasteiger partial charge >= 0.3 is 12.0 Å². The second-order valence-corrected chi connectivity index (χ2v) is 4.19. The van der Waals surface area contributed by atoms with Crippen molar-refractivity contribution in [1.29, 1.82) is 0 Å². The van der Waals surface area contributed by atoms with E-state index in [4.69, 9.17) is 15.6 Å². The lowest BCUT2D eigenvalue weighted by atomic mass is 10.0. The maximum Gasteiger partial charge on any atom is 0.318 e. The molecule has 0 aromatic heterocycles. The Hall–Kier alpha value is -1.67. The topological polar surface area (TPSA) is 122 Å². The fourth-order valence-electron chi connectivity index (χ4n) is 1.86. The number of likely N-dealkylation sites (N-methyl/N-ethyl adjacent to an activating group) is 1. The zero-order valence-corrected chi connectivity index (χ0v) is 10.1. The Labute approximate surface area is 104 Å². The van der Waals surface area contributed by atoms with E-state index in [1.165, 1.54) is 0 Å². The summed E-state index contributed by atoms with van der Waals surface area (Å²) in [7, 11) is 1.72. The third kappa shape index (κ3) is 3.97. The third-order valence-electron chi connectivity index (χ3n) is 2.89. The fourth-order valence-corrected chi connectivity index (χ4v) is 1.86. The van der Waals surface area contributed by atoms with Crippen molar-refractivity contribution in [3.8, 4) is 0 Å². The zero-order valence-electron chi connectivity index (χ0n) is 10.1. The predicted molar refractivity (Wildman–Crippen MR) is 60.7 cm³/mol. The van der Waals surface area contributed by atoms with E-state index in [0.717, 1.165) is 0 Å². The lowest BCUT2D eigenvalue weighted by molar-refractivity contribution is -0.143. The number of carboxylic acids is 1. The standard InChI is InChI=1S/C10H17N3O5/c1-13(3-2-8(14)12-10(11)17)7-5-18-4-6(7)9(15)16/h6-7H,2-5H2,1H3,(H,15,16)(H3,11,12,14,17). The highest BCUT2D eigenvalue weighted by molar-refractivity contribution is 5.93. The van der Waals surface area contributed by atoms with E-state index in [9.17, 15) is 14.4 Å². The Morgan fingerprint density at radius 3 is 2.67 bits per heavy atom. The van der Waals surface area contributed by atoms with Crippen molar-refractivity contribution in [2.75, 3.05) is 26.8 Å². The molecule has 1 heterocycles. The summed E-state index contributed by atoms with van der Waals surface area (Å²) in [6, 6.07) is -1.15. The molecule has 0 aromatic rings. The van der Waals surface area contributed by atoms with Crippen molar-refractivity contribution < 1.29 is 24.2 Å². The second kappa shape index (κ2) is 6.31. The Kier molecular flexibility index (Phi) is 5.05. The Morgan fingerprint density at radius 1 is 1.44 bits per heavy atom. The van der Waals surface area contributed by atoms with Gasteiger partial charge in [-0.2, -0.15) is 0 Å². The van der Waals surface area contributed by atoms with Crippen LogP contribution in [0.5, 0.6) is 0 Å². The van der Waals surface area contributed by atoms with Crippen molar-refractivity contribution >= 4 is 17.9 Å². The molecule has 1 aliphatic rings. The number of primary amides is 1. The van der Waals surface area contributed by atoms with Crippen LogP contribution in [0.3, 0.4) is 0 Å². The van der Waals surface area contributed by atoms with E-state index >= 15 is 0 Å². The minimum Gasteiger partial charge on any atom is -0.481 e. The van der Waals surface area contributed by atoms with E-state index in [1.54, 1.807) is 11.9 Å².